The van der Waals surface area contributed by atoms with Crippen molar-refractivity contribution in [2.24, 2.45) is 0 Å². The van der Waals surface area contributed by atoms with Crippen LogP contribution in [0.3, 0.4) is 0 Å². The number of benzene rings is 2. The summed E-state index contributed by atoms with van der Waals surface area (Å²) in [7, 11) is 1.59. The van der Waals surface area contributed by atoms with E-state index in [0.29, 0.717) is 37.6 Å². The number of anilines is 2. The molecule has 1 aliphatic heterocycles. The number of amides is 2. The molecule has 2 heterocycles. The van der Waals surface area contributed by atoms with Crippen LogP contribution in [0.2, 0.25) is 0 Å². The van der Waals surface area contributed by atoms with E-state index in [0.717, 1.165) is 17.1 Å². The Morgan fingerprint density at radius 1 is 0.906 bits per heavy atom. The molecular weight excluding hydrogens is 402 g/mol. The maximum atomic E-state index is 12.7. The van der Waals surface area contributed by atoms with E-state index in [-0.39, 0.29) is 6.03 Å². The molecule has 1 saturated heterocycles. The summed E-state index contributed by atoms with van der Waals surface area (Å²) in [6.45, 7) is 8.97. The summed E-state index contributed by atoms with van der Waals surface area (Å²) in [5, 5.41) is 11.9. The number of hydrogen-bond acceptors (Lipinski definition) is 5. The quantitative estimate of drug-likeness (QED) is 0.662. The summed E-state index contributed by atoms with van der Waals surface area (Å²) < 4.78 is 5.31. The third-order valence-electron chi connectivity index (χ3n) is 6.01. The van der Waals surface area contributed by atoms with Crippen LogP contribution in [0.1, 0.15) is 16.7 Å². The first-order valence-electron chi connectivity index (χ1n) is 10.8. The Bertz CT molecular complexity index is 1110. The molecule has 7 heteroatoms. The predicted molar refractivity (Wildman–Crippen MR) is 127 cm³/mol. The van der Waals surface area contributed by atoms with Gasteiger partial charge in [-0.3, -0.25) is 0 Å². The highest BCUT2D eigenvalue weighted by molar-refractivity contribution is 5.91. The van der Waals surface area contributed by atoms with Crippen molar-refractivity contribution in [3.63, 3.8) is 0 Å². The monoisotopic (exact) mass is 431 g/mol. The Labute approximate surface area is 189 Å². The number of methoxy groups -OCH3 is 1. The smallest absolute Gasteiger partial charge is 0.322 e. The van der Waals surface area contributed by atoms with Gasteiger partial charge in [0.25, 0.3) is 0 Å². The van der Waals surface area contributed by atoms with Crippen LogP contribution in [0.4, 0.5) is 16.3 Å². The number of para-hydroxylation sites is 2. The van der Waals surface area contributed by atoms with Crippen LogP contribution in [0, 0.1) is 20.8 Å². The van der Waals surface area contributed by atoms with Crippen molar-refractivity contribution in [1.29, 1.82) is 0 Å². The fourth-order valence-corrected chi connectivity index (χ4v) is 3.95. The van der Waals surface area contributed by atoms with E-state index in [1.54, 1.807) is 7.11 Å². The Kier molecular flexibility index (Phi) is 6.25. The molecule has 0 atom stereocenters. The van der Waals surface area contributed by atoms with Crippen molar-refractivity contribution in [2.75, 3.05) is 43.5 Å². The molecule has 0 saturated carbocycles. The van der Waals surface area contributed by atoms with E-state index < -0.39 is 0 Å². The van der Waals surface area contributed by atoms with Crippen molar-refractivity contribution < 1.29 is 9.53 Å². The average Bonchev–Trinajstić information content (AvgIpc) is 2.82. The number of ether oxygens (including phenoxy) is 1. The summed E-state index contributed by atoms with van der Waals surface area (Å²) in [6, 6.07) is 15.7. The molecule has 32 heavy (non-hydrogen) atoms. The molecule has 1 aliphatic rings. The number of piperazine rings is 1. The molecule has 1 fully saturated rings. The Balaban J connectivity index is 1.38. The van der Waals surface area contributed by atoms with E-state index in [1.165, 1.54) is 16.7 Å². The van der Waals surface area contributed by atoms with Crippen molar-refractivity contribution in [2.45, 2.75) is 20.8 Å². The van der Waals surface area contributed by atoms with Gasteiger partial charge in [-0.2, -0.15) is 0 Å². The minimum atomic E-state index is -0.124. The molecule has 1 N–H and O–H groups in total. The molecule has 0 bridgehead atoms. The Hall–Kier alpha value is -3.61. The van der Waals surface area contributed by atoms with Crippen LogP contribution in [0.25, 0.3) is 11.3 Å². The topological polar surface area (TPSA) is 70.6 Å². The highest BCUT2D eigenvalue weighted by atomic mass is 16.5. The van der Waals surface area contributed by atoms with E-state index in [2.05, 4.69) is 53.3 Å². The van der Waals surface area contributed by atoms with Crippen LogP contribution in [-0.4, -0.2) is 54.4 Å². The van der Waals surface area contributed by atoms with Gasteiger partial charge in [0.2, 0.25) is 0 Å². The van der Waals surface area contributed by atoms with Gasteiger partial charge in [0.05, 0.1) is 18.5 Å². The van der Waals surface area contributed by atoms with Crippen LogP contribution < -0.4 is 15.0 Å². The van der Waals surface area contributed by atoms with E-state index in [1.807, 2.05) is 41.3 Å². The van der Waals surface area contributed by atoms with E-state index >= 15 is 0 Å². The second-order valence-electron chi connectivity index (χ2n) is 8.13. The number of carbonyl (C=O) groups is 1. The zero-order valence-electron chi connectivity index (χ0n) is 19.1. The van der Waals surface area contributed by atoms with Gasteiger partial charge >= 0.3 is 6.03 Å². The first-order valence-corrected chi connectivity index (χ1v) is 10.8. The maximum Gasteiger partial charge on any atom is 0.322 e. The zero-order chi connectivity index (χ0) is 22.7. The SMILES string of the molecule is COc1ccccc1NC(=O)N1CCN(c2ccc(-c3cc(C)c(C)cc3C)nn2)CC1. The van der Waals surface area contributed by atoms with Gasteiger partial charge in [-0.05, 0) is 67.8 Å². The Morgan fingerprint density at radius 2 is 1.62 bits per heavy atom. The normalized spacial score (nSPS) is 13.8. The summed E-state index contributed by atoms with van der Waals surface area (Å²) in [5.41, 5.74) is 6.40. The third kappa shape index (κ3) is 4.51. The third-order valence-corrected chi connectivity index (χ3v) is 6.01. The second kappa shape index (κ2) is 9.26. The van der Waals surface area contributed by atoms with E-state index in [9.17, 15) is 4.79 Å². The molecular formula is C25H29N5O2. The number of urea groups is 1. The lowest BCUT2D eigenvalue weighted by Crippen LogP contribution is -2.50. The number of aryl methyl sites for hydroxylation is 3. The van der Waals surface area contributed by atoms with Gasteiger partial charge < -0.3 is 19.9 Å². The standard InChI is InChI=1S/C25H29N5O2/c1-17-15-19(3)20(16-18(17)2)21-9-10-24(28-27-21)29-11-13-30(14-12-29)25(31)26-22-7-5-6-8-23(22)32-4/h5-10,15-16H,11-14H2,1-4H3,(H,26,31). The number of carbonyl (C=O) groups excluding carboxylic acids is 1. The Morgan fingerprint density at radius 3 is 2.31 bits per heavy atom. The first kappa shape index (κ1) is 21.6. The van der Waals surface area contributed by atoms with Gasteiger partial charge in [0.15, 0.2) is 5.82 Å². The van der Waals surface area contributed by atoms with Crippen molar-refractivity contribution in [3.05, 3.63) is 65.2 Å². The number of nitrogens with one attached hydrogen (secondary N) is 1. The first-order chi connectivity index (χ1) is 15.5. The minimum absolute atomic E-state index is 0.124. The molecule has 7 nitrogen and oxygen atoms in total. The summed E-state index contributed by atoms with van der Waals surface area (Å²) in [6.07, 6.45) is 0. The van der Waals surface area contributed by atoms with Crippen LogP contribution in [0.5, 0.6) is 5.75 Å². The van der Waals surface area contributed by atoms with Gasteiger partial charge in [-0.15, -0.1) is 10.2 Å². The highest BCUT2D eigenvalue weighted by Crippen LogP contribution is 2.26. The molecule has 1 aromatic heterocycles. The number of hydrogen-bond donors (Lipinski definition) is 1. The van der Waals surface area contributed by atoms with Crippen molar-refractivity contribution in [3.8, 4) is 17.0 Å². The van der Waals surface area contributed by atoms with Crippen molar-refractivity contribution in [1.82, 2.24) is 15.1 Å². The van der Waals surface area contributed by atoms with E-state index in [4.69, 9.17) is 4.74 Å². The van der Waals surface area contributed by atoms with Gasteiger partial charge in [-0.1, -0.05) is 18.2 Å². The molecule has 0 aliphatic carbocycles. The van der Waals surface area contributed by atoms with Gasteiger partial charge in [0, 0.05) is 31.7 Å². The summed E-state index contributed by atoms with van der Waals surface area (Å²) >= 11 is 0. The molecule has 2 amide bonds. The molecule has 0 unspecified atom stereocenters. The summed E-state index contributed by atoms with van der Waals surface area (Å²) in [5.74, 6) is 1.48. The average molecular weight is 432 g/mol. The molecule has 2 aromatic carbocycles. The highest BCUT2D eigenvalue weighted by Gasteiger charge is 2.23. The molecule has 0 spiro atoms. The number of aromatic nitrogens is 2. The van der Waals surface area contributed by atoms with Crippen molar-refractivity contribution >= 4 is 17.5 Å². The second-order valence-corrected chi connectivity index (χ2v) is 8.13. The maximum absolute atomic E-state index is 12.7. The molecule has 4 rings (SSSR count). The molecule has 0 radical (unpaired) electrons. The lowest BCUT2D eigenvalue weighted by atomic mass is 9.99. The molecule has 166 valence electrons. The fraction of sp³-hybridized carbons (Fsp3) is 0.320. The lowest BCUT2D eigenvalue weighted by Gasteiger charge is -2.35. The predicted octanol–water partition coefficient (Wildman–Crippen LogP) is 4.43. The van der Waals surface area contributed by atoms with Gasteiger partial charge in [-0.25, -0.2) is 4.79 Å². The minimum Gasteiger partial charge on any atom is -0.495 e. The molecule has 3 aromatic rings. The largest absolute Gasteiger partial charge is 0.495 e. The number of rotatable bonds is 4. The zero-order valence-corrected chi connectivity index (χ0v) is 19.1. The van der Waals surface area contributed by atoms with Gasteiger partial charge in [0.1, 0.15) is 5.75 Å². The van der Waals surface area contributed by atoms with Crippen LogP contribution in [-0.2, 0) is 0 Å². The number of nitrogens with zero attached hydrogens (tertiary/aromatic N) is 4. The summed E-state index contributed by atoms with van der Waals surface area (Å²) in [4.78, 5) is 16.6. The van der Waals surface area contributed by atoms with Crippen LogP contribution >= 0.6 is 0 Å². The van der Waals surface area contributed by atoms with Crippen LogP contribution in [0.15, 0.2) is 48.5 Å². The fourth-order valence-electron chi connectivity index (χ4n) is 3.95. The lowest BCUT2D eigenvalue weighted by molar-refractivity contribution is 0.208.